The van der Waals surface area contributed by atoms with E-state index in [4.69, 9.17) is 0 Å². The van der Waals surface area contributed by atoms with Crippen molar-refractivity contribution in [3.8, 4) is 0 Å². The lowest BCUT2D eigenvalue weighted by Crippen LogP contribution is -2.38. The van der Waals surface area contributed by atoms with Crippen LogP contribution in [-0.4, -0.2) is 42.5 Å². The average molecular weight is 392 g/mol. The van der Waals surface area contributed by atoms with Crippen molar-refractivity contribution in [1.29, 1.82) is 0 Å². The predicted octanol–water partition coefficient (Wildman–Crippen LogP) is 3.92. The minimum atomic E-state index is 0.768. The van der Waals surface area contributed by atoms with E-state index in [1.807, 2.05) is 7.05 Å². The number of aromatic amines is 1. The first kappa shape index (κ1) is 20.9. The molecule has 3 aromatic rings. The Morgan fingerprint density at radius 1 is 0.931 bits per heavy atom. The third-order valence-electron chi connectivity index (χ3n) is 5.44. The van der Waals surface area contributed by atoms with E-state index < -0.39 is 0 Å². The van der Waals surface area contributed by atoms with E-state index in [0.29, 0.717) is 0 Å². The molecule has 3 N–H and O–H groups in total. The van der Waals surface area contributed by atoms with Gasteiger partial charge in [0, 0.05) is 43.8 Å². The third kappa shape index (κ3) is 5.61. The molecule has 3 rings (SSSR count). The number of aromatic nitrogens is 1. The molecule has 0 spiro atoms. The Morgan fingerprint density at radius 2 is 1.66 bits per heavy atom. The van der Waals surface area contributed by atoms with Crippen LogP contribution in [0.1, 0.15) is 30.5 Å². The highest BCUT2D eigenvalue weighted by molar-refractivity contribution is 5.83. The van der Waals surface area contributed by atoms with Crippen LogP contribution < -0.4 is 10.6 Å². The number of benzene rings is 2. The first-order chi connectivity index (χ1) is 14.2. The molecule has 0 fully saturated rings. The smallest absolute Gasteiger partial charge is 0.191 e. The van der Waals surface area contributed by atoms with Crippen molar-refractivity contribution >= 4 is 16.9 Å². The molecule has 2 aromatic carbocycles. The summed E-state index contributed by atoms with van der Waals surface area (Å²) in [7, 11) is 1.82. The van der Waals surface area contributed by atoms with E-state index in [1.165, 1.54) is 27.6 Å². The van der Waals surface area contributed by atoms with Crippen LogP contribution in [-0.2, 0) is 19.5 Å². The molecule has 0 saturated heterocycles. The summed E-state index contributed by atoms with van der Waals surface area (Å²) in [6, 6.07) is 17.1. The van der Waals surface area contributed by atoms with Crippen molar-refractivity contribution in [2.24, 2.45) is 4.99 Å². The first-order valence-corrected chi connectivity index (χ1v) is 10.5. The van der Waals surface area contributed by atoms with Crippen LogP contribution in [0, 0.1) is 0 Å². The van der Waals surface area contributed by atoms with Gasteiger partial charge in [-0.15, -0.1) is 0 Å². The summed E-state index contributed by atoms with van der Waals surface area (Å²) >= 11 is 0. The van der Waals surface area contributed by atoms with E-state index in [2.05, 4.69) is 94.1 Å². The van der Waals surface area contributed by atoms with Gasteiger partial charge in [-0.3, -0.25) is 9.89 Å². The van der Waals surface area contributed by atoms with Gasteiger partial charge >= 0.3 is 0 Å². The number of nitrogens with zero attached hydrogens (tertiary/aromatic N) is 2. The predicted molar refractivity (Wildman–Crippen MR) is 123 cm³/mol. The molecule has 0 aliphatic rings. The molecule has 5 heteroatoms. The molecule has 1 heterocycles. The fourth-order valence-corrected chi connectivity index (χ4v) is 3.63. The third-order valence-corrected chi connectivity index (χ3v) is 5.44. The second-order valence-corrected chi connectivity index (χ2v) is 7.19. The molecule has 0 amide bonds. The molecule has 0 bridgehead atoms. The molecule has 154 valence electrons. The zero-order valence-corrected chi connectivity index (χ0v) is 17.8. The van der Waals surface area contributed by atoms with Crippen molar-refractivity contribution in [1.82, 2.24) is 20.5 Å². The maximum atomic E-state index is 4.38. The number of fused-ring (bicyclic) bond motifs is 1. The molecular weight excluding hydrogens is 358 g/mol. The number of nitrogens with one attached hydrogen (secondary N) is 3. The standard InChI is InChI=1S/C24H33N5/c1-4-29(5-2)18-21-11-7-6-10-19(21)16-28-24(25-3)26-15-14-20-17-27-23-13-9-8-12-22(20)23/h6-13,17,27H,4-5,14-16,18H2,1-3H3,(H2,25,26,28). The highest BCUT2D eigenvalue weighted by atomic mass is 15.2. The Labute approximate surface area is 174 Å². The molecule has 5 nitrogen and oxygen atoms in total. The summed E-state index contributed by atoms with van der Waals surface area (Å²) in [5, 5.41) is 8.20. The van der Waals surface area contributed by atoms with Gasteiger partial charge in [-0.05, 0) is 42.3 Å². The van der Waals surface area contributed by atoms with E-state index in [9.17, 15) is 0 Å². The Kier molecular flexibility index (Phi) is 7.70. The zero-order valence-electron chi connectivity index (χ0n) is 17.8. The van der Waals surface area contributed by atoms with Crippen molar-refractivity contribution in [3.05, 3.63) is 71.4 Å². The van der Waals surface area contributed by atoms with Crippen LogP contribution in [0.25, 0.3) is 10.9 Å². The van der Waals surface area contributed by atoms with Crippen LogP contribution in [0.4, 0.5) is 0 Å². The molecule has 0 aliphatic carbocycles. The van der Waals surface area contributed by atoms with Gasteiger partial charge in [0.05, 0.1) is 0 Å². The number of guanidine groups is 1. The number of rotatable bonds is 9. The monoisotopic (exact) mass is 391 g/mol. The van der Waals surface area contributed by atoms with E-state index in [0.717, 1.165) is 45.1 Å². The summed E-state index contributed by atoms with van der Waals surface area (Å²) in [5.41, 5.74) is 5.21. The number of hydrogen-bond acceptors (Lipinski definition) is 2. The number of H-pyrrole nitrogens is 1. The van der Waals surface area contributed by atoms with Crippen LogP contribution in [0.15, 0.2) is 59.7 Å². The molecule has 0 atom stereocenters. The van der Waals surface area contributed by atoms with Gasteiger partial charge in [-0.1, -0.05) is 56.3 Å². The summed E-state index contributed by atoms with van der Waals surface area (Å²) in [5.74, 6) is 0.836. The van der Waals surface area contributed by atoms with Crippen molar-refractivity contribution < 1.29 is 0 Å². The fraction of sp³-hybridized carbons (Fsp3) is 0.375. The largest absolute Gasteiger partial charge is 0.361 e. The van der Waals surface area contributed by atoms with E-state index in [1.54, 1.807) is 0 Å². The maximum absolute atomic E-state index is 4.38. The van der Waals surface area contributed by atoms with Gasteiger partial charge in [-0.25, -0.2) is 0 Å². The Morgan fingerprint density at radius 3 is 2.41 bits per heavy atom. The fourth-order valence-electron chi connectivity index (χ4n) is 3.63. The maximum Gasteiger partial charge on any atom is 0.191 e. The topological polar surface area (TPSA) is 55.4 Å². The second-order valence-electron chi connectivity index (χ2n) is 7.19. The molecule has 0 aliphatic heterocycles. The van der Waals surface area contributed by atoms with Crippen LogP contribution >= 0.6 is 0 Å². The minimum absolute atomic E-state index is 0.768. The molecule has 0 unspecified atom stereocenters. The Balaban J connectivity index is 1.53. The lowest BCUT2D eigenvalue weighted by molar-refractivity contribution is 0.295. The molecule has 29 heavy (non-hydrogen) atoms. The summed E-state index contributed by atoms with van der Waals surface area (Å²) in [6.45, 7) is 9.14. The van der Waals surface area contributed by atoms with Gasteiger partial charge in [0.1, 0.15) is 0 Å². The number of para-hydroxylation sites is 1. The van der Waals surface area contributed by atoms with Gasteiger partial charge in [0.15, 0.2) is 5.96 Å². The summed E-state index contributed by atoms with van der Waals surface area (Å²) in [6.07, 6.45) is 3.05. The normalized spacial score (nSPS) is 11.9. The summed E-state index contributed by atoms with van der Waals surface area (Å²) in [4.78, 5) is 10.2. The van der Waals surface area contributed by atoms with Crippen LogP contribution in [0.5, 0.6) is 0 Å². The van der Waals surface area contributed by atoms with E-state index in [-0.39, 0.29) is 0 Å². The molecule has 0 radical (unpaired) electrons. The van der Waals surface area contributed by atoms with Gasteiger partial charge in [0.25, 0.3) is 0 Å². The average Bonchev–Trinajstić information content (AvgIpc) is 3.18. The van der Waals surface area contributed by atoms with Crippen molar-refractivity contribution in [3.63, 3.8) is 0 Å². The lowest BCUT2D eigenvalue weighted by atomic mass is 10.1. The van der Waals surface area contributed by atoms with Crippen LogP contribution in [0.2, 0.25) is 0 Å². The summed E-state index contributed by atoms with van der Waals surface area (Å²) < 4.78 is 0. The Hall–Kier alpha value is -2.79. The van der Waals surface area contributed by atoms with Gasteiger partial charge in [-0.2, -0.15) is 0 Å². The van der Waals surface area contributed by atoms with Gasteiger partial charge in [0.2, 0.25) is 0 Å². The quantitative estimate of drug-likeness (QED) is 0.383. The molecular formula is C24H33N5. The number of hydrogen-bond donors (Lipinski definition) is 3. The van der Waals surface area contributed by atoms with Crippen LogP contribution in [0.3, 0.4) is 0 Å². The Bertz CT molecular complexity index is 924. The zero-order chi connectivity index (χ0) is 20.5. The van der Waals surface area contributed by atoms with Crippen molar-refractivity contribution in [2.75, 3.05) is 26.7 Å². The number of aliphatic imine (C=N–C) groups is 1. The van der Waals surface area contributed by atoms with Crippen molar-refractivity contribution in [2.45, 2.75) is 33.4 Å². The van der Waals surface area contributed by atoms with E-state index >= 15 is 0 Å². The highest BCUT2D eigenvalue weighted by Crippen LogP contribution is 2.17. The molecule has 1 aromatic heterocycles. The second kappa shape index (κ2) is 10.7. The van der Waals surface area contributed by atoms with Gasteiger partial charge < -0.3 is 15.6 Å². The SMILES string of the molecule is CCN(CC)Cc1ccccc1CNC(=NC)NCCc1c[nH]c2ccccc12. The lowest BCUT2D eigenvalue weighted by Gasteiger charge is -2.20. The highest BCUT2D eigenvalue weighted by Gasteiger charge is 2.07. The molecule has 0 saturated carbocycles. The first-order valence-electron chi connectivity index (χ1n) is 10.5. The minimum Gasteiger partial charge on any atom is -0.361 e.